The fourth-order valence-corrected chi connectivity index (χ4v) is 4.06. The summed E-state index contributed by atoms with van der Waals surface area (Å²) in [6, 6.07) is 17.3. The molecule has 1 heterocycles. The summed E-state index contributed by atoms with van der Waals surface area (Å²) in [5.41, 5.74) is 1.77. The molecule has 0 aliphatic carbocycles. The first-order valence-corrected chi connectivity index (χ1v) is 10.3. The Morgan fingerprint density at radius 3 is 2.46 bits per heavy atom. The molecule has 1 aromatic heterocycles. The van der Waals surface area contributed by atoms with Gasteiger partial charge in [0.1, 0.15) is 0 Å². The average Bonchev–Trinajstić information content (AvgIpc) is 2.68. The Morgan fingerprint density at radius 1 is 1.07 bits per heavy atom. The molecule has 0 aliphatic rings. The fourth-order valence-electron chi connectivity index (χ4n) is 2.99. The van der Waals surface area contributed by atoms with Crippen LogP contribution in [0.15, 0.2) is 64.5 Å². The van der Waals surface area contributed by atoms with Crippen molar-refractivity contribution in [2.75, 3.05) is 6.54 Å². The number of benzene rings is 2. The van der Waals surface area contributed by atoms with E-state index in [-0.39, 0.29) is 22.8 Å². The zero-order valence-corrected chi connectivity index (χ0v) is 17.2. The smallest absolute Gasteiger partial charge is 0.262 e. The second-order valence-corrected chi connectivity index (χ2v) is 8.28. The number of aromatic nitrogens is 2. The number of thioether (sulfide) groups is 1. The first-order chi connectivity index (χ1) is 13.5. The van der Waals surface area contributed by atoms with E-state index in [0.29, 0.717) is 22.6 Å². The van der Waals surface area contributed by atoms with Gasteiger partial charge in [0, 0.05) is 12.6 Å². The van der Waals surface area contributed by atoms with Crippen molar-refractivity contribution in [3.05, 3.63) is 70.5 Å². The molecule has 0 radical (unpaired) electrons. The van der Waals surface area contributed by atoms with Crippen LogP contribution in [0.2, 0.25) is 0 Å². The van der Waals surface area contributed by atoms with E-state index in [2.05, 4.69) is 10.3 Å². The third-order valence-electron chi connectivity index (χ3n) is 4.50. The standard InChI is InChI=1S/C22H25N3O2S/c1-15(2)25-21(27)18-11-7-8-12-19(18)24-22(25)28-16(3)20(26)23-14-13-17-9-5-4-6-10-17/h4-12,15-16H,13-14H2,1-3H3,(H,23,26)/t16-/m1/s1. The Labute approximate surface area is 169 Å². The molecule has 0 unspecified atom stereocenters. The molecule has 146 valence electrons. The van der Waals surface area contributed by atoms with Gasteiger partial charge in [-0.05, 0) is 44.9 Å². The van der Waals surface area contributed by atoms with Crippen molar-refractivity contribution in [1.29, 1.82) is 0 Å². The zero-order chi connectivity index (χ0) is 20.1. The van der Waals surface area contributed by atoms with Crippen LogP contribution in [0.3, 0.4) is 0 Å². The maximum absolute atomic E-state index is 12.9. The van der Waals surface area contributed by atoms with Gasteiger partial charge in [-0.3, -0.25) is 14.2 Å². The highest BCUT2D eigenvalue weighted by atomic mass is 32.2. The predicted octanol–water partition coefficient (Wildman–Crippen LogP) is 3.82. The monoisotopic (exact) mass is 395 g/mol. The molecule has 6 heteroatoms. The lowest BCUT2D eigenvalue weighted by molar-refractivity contribution is -0.120. The lowest BCUT2D eigenvalue weighted by Crippen LogP contribution is -2.33. The van der Waals surface area contributed by atoms with Gasteiger partial charge >= 0.3 is 0 Å². The number of fused-ring (bicyclic) bond motifs is 1. The molecule has 1 atom stereocenters. The van der Waals surface area contributed by atoms with E-state index >= 15 is 0 Å². The number of rotatable bonds is 7. The van der Waals surface area contributed by atoms with Gasteiger partial charge in [-0.1, -0.05) is 54.2 Å². The van der Waals surface area contributed by atoms with Crippen molar-refractivity contribution in [2.45, 2.75) is 43.6 Å². The van der Waals surface area contributed by atoms with Crippen LogP contribution in [0, 0.1) is 0 Å². The lowest BCUT2D eigenvalue weighted by Gasteiger charge is -2.18. The van der Waals surface area contributed by atoms with Crippen LogP contribution in [0.1, 0.15) is 32.4 Å². The van der Waals surface area contributed by atoms with Gasteiger partial charge in [0.05, 0.1) is 16.2 Å². The second-order valence-electron chi connectivity index (χ2n) is 6.97. The number of para-hydroxylation sites is 1. The fraction of sp³-hybridized carbons (Fsp3) is 0.318. The molecule has 3 rings (SSSR count). The Morgan fingerprint density at radius 2 is 1.75 bits per heavy atom. The summed E-state index contributed by atoms with van der Waals surface area (Å²) in [7, 11) is 0. The van der Waals surface area contributed by atoms with Crippen LogP contribution >= 0.6 is 11.8 Å². The van der Waals surface area contributed by atoms with E-state index in [4.69, 9.17) is 0 Å². The molecule has 28 heavy (non-hydrogen) atoms. The Bertz CT molecular complexity index is 1020. The van der Waals surface area contributed by atoms with Gasteiger partial charge in [-0.25, -0.2) is 4.98 Å². The van der Waals surface area contributed by atoms with E-state index in [1.807, 2.05) is 69.3 Å². The Hall–Kier alpha value is -2.60. The summed E-state index contributed by atoms with van der Waals surface area (Å²) >= 11 is 1.32. The molecule has 5 nitrogen and oxygen atoms in total. The van der Waals surface area contributed by atoms with Crippen LogP contribution in [-0.4, -0.2) is 27.3 Å². The first-order valence-electron chi connectivity index (χ1n) is 9.47. The largest absolute Gasteiger partial charge is 0.355 e. The number of nitrogens with one attached hydrogen (secondary N) is 1. The number of amides is 1. The number of hydrogen-bond acceptors (Lipinski definition) is 4. The SMILES string of the molecule is CC(C)n1c(S[C@H](C)C(=O)NCCc2ccccc2)nc2ccccc2c1=O. The molecule has 3 aromatic rings. The first kappa shape index (κ1) is 20.1. The zero-order valence-electron chi connectivity index (χ0n) is 16.4. The van der Waals surface area contributed by atoms with Crippen molar-refractivity contribution < 1.29 is 4.79 Å². The number of carbonyl (C=O) groups excluding carboxylic acids is 1. The summed E-state index contributed by atoms with van der Waals surface area (Å²) in [6.45, 7) is 6.32. The van der Waals surface area contributed by atoms with Gasteiger partial charge < -0.3 is 5.32 Å². The predicted molar refractivity (Wildman–Crippen MR) is 115 cm³/mol. The Kier molecular flexibility index (Phi) is 6.52. The van der Waals surface area contributed by atoms with Crippen molar-refractivity contribution in [3.63, 3.8) is 0 Å². The van der Waals surface area contributed by atoms with Crippen LogP contribution in [-0.2, 0) is 11.2 Å². The highest BCUT2D eigenvalue weighted by molar-refractivity contribution is 8.00. The van der Waals surface area contributed by atoms with Crippen molar-refractivity contribution >= 4 is 28.6 Å². The summed E-state index contributed by atoms with van der Waals surface area (Å²) in [4.78, 5) is 30.1. The number of nitrogens with zero attached hydrogens (tertiary/aromatic N) is 2. The van der Waals surface area contributed by atoms with E-state index in [1.165, 1.54) is 17.3 Å². The lowest BCUT2D eigenvalue weighted by atomic mass is 10.1. The minimum atomic E-state index is -0.353. The van der Waals surface area contributed by atoms with Crippen molar-refractivity contribution in [1.82, 2.24) is 14.9 Å². The summed E-state index contributed by atoms with van der Waals surface area (Å²) in [5, 5.41) is 3.80. The minimum Gasteiger partial charge on any atom is -0.355 e. The molecular formula is C22H25N3O2S. The molecule has 0 aliphatic heterocycles. The molecular weight excluding hydrogens is 370 g/mol. The highest BCUT2D eigenvalue weighted by Gasteiger charge is 2.20. The molecule has 2 aromatic carbocycles. The van der Waals surface area contributed by atoms with Crippen molar-refractivity contribution in [3.8, 4) is 0 Å². The average molecular weight is 396 g/mol. The van der Waals surface area contributed by atoms with Crippen LogP contribution in [0.5, 0.6) is 0 Å². The molecule has 0 fully saturated rings. The molecule has 0 bridgehead atoms. The summed E-state index contributed by atoms with van der Waals surface area (Å²) in [6.07, 6.45) is 0.787. The maximum atomic E-state index is 12.9. The topological polar surface area (TPSA) is 64.0 Å². The normalized spacial score (nSPS) is 12.3. The summed E-state index contributed by atoms with van der Waals surface area (Å²) in [5.74, 6) is -0.0568. The molecule has 1 N–H and O–H groups in total. The third kappa shape index (κ3) is 4.62. The van der Waals surface area contributed by atoms with Crippen molar-refractivity contribution in [2.24, 2.45) is 0 Å². The van der Waals surface area contributed by atoms with E-state index in [1.54, 1.807) is 10.6 Å². The maximum Gasteiger partial charge on any atom is 0.262 e. The van der Waals surface area contributed by atoms with Crippen LogP contribution in [0.25, 0.3) is 10.9 Å². The van der Waals surface area contributed by atoms with E-state index in [0.717, 1.165) is 6.42 Å². The molecule has 0 saturated heterocycles. The van der Waals surface area contributed by atoms with E-state index < -0.39 is 0 Å². The molecule has 0 saturated carbocycles. The van der Waals surface area contributed by atoms with Gasteiger partial charge in [-0.2, -0.15) is 0 Å². The minimum absolute atomic E-state index is 0.0413. The highest BCUT2D eigenvalue weighted by Crippen LogP contribution is 2.24. The van der Waals surface area contributed by atoms with Gasteiger partial charge in [-0.15, -0.1) is 0 Å². The third-order valence-corrected chi connectivity index (χ3v) is 5.57. The van der Waals surface area contributed by atoms with Gasteiger partial charge in [0.25, 0.3) is 5.56 Å². The number of carbonyl (C=O) groups is 1. The molecule has 0 spiro atoms. The Balaban J connectivity index is 1.73. The second kappa shape index (κ2) is 9.06. The number of hydrogen-bond donors (Lipinski definition) is 1. The van der Waals surface area contributed by atoms with Crippen LogP contribution < -0.4 is 10.9 Å². The van der Waals surface area contributed by atoms with E-state index in [9.17, 15) is 9.59 Å². The molecule has 1 amide bonds. The van der Waals surface area contributed by atoms with Gasteiger partial charge in [0.15, 0.2) is 5.16 Å². The quantitative estimate of drug-likeness (QED) is 0.488. The summed E-state index contributed by atoms with van der Waals surface area (Å²) < 4.78 is 1.67. The van der Waals surface area contributed by atoms with Gasteiger partial charge in [0.2, 0.25) is 5.91 Å². The van der Waals surface area contributed by atoms with Crippen LogP contribution in [0.4, 0.5) is 0 Å².